The lowest BCUT2D eigenvalue weighted by atomic mass is 9.61. The number of aliphatic hydroxyl groups is 2. The normalized spacial score (nSPS) is 29.2. The first-order chi connectivity index (χ1) is 26.9. The van der Waals surface area contributed by atoms with E-state index in [-0.39, 0.29) is 41.5 Å². The molecule has 5 N–H and O–H groups in total. The van der Waals surface area contributed by atoms with Gasteiger partial charge in [-0.2, -0.15) is 0 Å². The zero-order valence-corrected chi connectivity index (χ0v) is 34.0. The van der Waals surface area contributed by atoms with Crippen molar-refractivity contribution in [2.45, 2.75) is 173 Å². The number of piperidine rings is 2. The summed E-state index contributed by atoms with van der Waals surface area (Å²) in [5.74, 6) is -0.0214. The summed E-state index contributed by atoms with van der Waals surface area (Å²) in [6.45, 7) is 5.17. The van der Waals surface area contributed by atoms with Gasteiger partial charge in [0.15, 0.2) is 11.5 Å². The number of aliphatic hydroxyl groups excluding tert-OH is 2. The van der Waals surface area contributed by atoms with Crippen LogP contribution >= 0.6 is 0 Å². The average molecular weight is 781 g/mol. The third-order valence-corrected chi connectivity index (χ3v) is 15.5. The van der Waals surface area contributed by atoms with E-state index in [0.717, 1.165) is 88.2 Å². The molecule has 5 fully saturated rings. The van der Waals surface area contributed by atoms with Crippen molar-refractivity contribution in [1.29, 1.82) is 0 Å². The molecule has 6 atom stereocenters. The minimum absolute atomic E-state index is 0.00216. The van der Waals surface area contributed by atoms with Crippen LogP contribution in [-0.2, 0) is 36.7 Å². The van der Waals surface area contributed by atoms with Crippen LogP contribution in [-0.4, -0.2) is 83.3 Å². The maximum atomic E-state index is 15.1. The third-order valence-electron chi connectivity index (χ3n) is 15.5. The van der Waals surface area contributed by atoms with Gasteiger partial charge in [-0.05, 0) is 133 Å². The maximum absolute atomic E-state index is 15.1. The van der Waals surface area contributed by atoms with Gasteiger partial charge in [-0.1, -0.05) is 44.6 Å². The first kappa shape index (κ1) is 41.3. The van der Waals surface area contributed by atoms with E-state index >= 15 is 4.79 Å². The number of hydrogen-bond donors (Lipinski definition) is 5. The molecule has 56 heavy (non-hydrogen) atoms. The molecule has 3 aliphatic carbocycles. The fourth-order valence-corrected chi connectivity index (χ4v) is 12.2. The van der Waals surface area contributed by atoms with Crippen molar-refractivity contribution in [3.63, 3.8) is 0 Å². The summed E-state index contributed by atoms with van der Waals surface area (Å²) >= 11 is 0. The Bertz CT molecular complexity index is 1560. The molecule has 3 heterocycles. The van der Waals surface area contributed by atoms with E-state index < -0.39 is 40.7 Å². The zero-order valence-electron chi connectivity index (χ0n) is 34.0. The van der Waals surface area contributed by atoms with Gasteiger partial charge in [0.05, 0.1) is 12.7 Å². The molecule has 1 spiro atoms. The highest BCUT2D eigenvalue weighted by Crippen LogP contribution is 2.54. The molecule has 0 aromatic heterocycles. The smallest absolute Gasteiger partial charge is 0.332 e. The van der Waals surface area contributed by atoms with Crippen molar-refractivity contribution < 1.29 is 43.9 Å². The quantitative estimate of drug-likeness (QED) is 0.137. The number of aromatic hydroxyl groups is 1. The molecular formula is C45H68N2O9. The number of rotatable bonds is 14. The van der Waals surface area contributed by atoms with E-state index in [9.17, 15) is 24.9 Å². The average Bonchev–Trinajstić information content (AvgIpc) is 3.87. The number of hydrogen-bond acceptors (Lipinski definition) is 10. The largest absolute Gasteiger partial charge is 0.504 e. The lowest BCUT2D eigenvalue weighted by molar-refractivity contribution is -0.181. The first-order valence-electron chi connectivity index (χ1n) is 22.1. The van der Waals surface area contributed by atoms with Crippen molar-refractivity contribution >= 4 is 17.8 Å². The highest BCUT2D eigenvalue weighted by atomic mass is 16.6. The monoisotopic (exact) mass is 780 g/mol. The summed E-state index contributed by atoms with van der Waals surface area (Å²) < 4.78 is 19.3. The molecular weight excluding hydrogens is 712 g/mol. The summed E-state index contributed by atoms with van der Waals surface area (Å²) in [6.07, 6.45) is 14.9. The second kappa shape index (κ2) is 17.1. The summed E-state index contributed by atoms with van der Waals surface area (Å²) in [4.78, 5) is 41.7. The first-order valence-corrected chi connectivity index (χ1v) is 22.1. The molecule has 0 radical (unpaired) electrons. The number of benzene rings is 1. The van der Waals surface area contributed by atoms with Gasteiger partial charge in [-0.3, -0.25) is 9.59 Å². The van der Waals surface area contributed by atoms with E-state index in [4.69, 9.17) is 14.2 Å². The molecule has 1 aromatic carbocycles. The maximum Gasteiger partial charge on any atom is 0.332 e. The van der Waals surface area contributed by atoms with Crippen LogP contribution in [0.1, 0.15) is 147 Å². The van der Waals surface area contributed by atoms with Crippen LogP contribution in [0.5, 0.6) is 11.5 Å². The van der Waals surface area contributed by atoms with Gasteiger partial charge in [-0.15, -0.1) is 0 Å². The lowest BCUT2D eigenvalue weighted by Crippen LogP contribution is -2.68. The zero-order chi connectivity index (χ0) is 39.6. The van der Waals surface area contributed by atoms with E-state index in [0.29, 0.717) is 83.2 Å². The number of phenolic OH excluding ortho intramolecular Hbond substituents is 1. The molecule has 3 aliphatic heterocycles. The van der Waals surface area contributed by atoms with Crippen molar-refractivity contribution in [2.24, 2.45) is 28.1 Å². The van der Waals surface area contributed by atoms with Gasteiger partial charge in [-0.25, -0.2) is 4.79 Å². The van der Waals surface area contributed by atoms with Crippen molar-refractivity contribution in [2.75, 3.05) is 26.3 Å². The molecule has 2 saturated heterocycles. The Kier molecular flexibility index (Phi) is 12.6. The van der Waals surface area contributed by atoms with E-state index in [1.807, 2.05) is 6.07 Å². The molecule has 6 aliphatic rings. The number of amides is 1. The SMILES string of the molecule is CC(=O)OC(CCCC(C)O)CC(OC(=O)C12CCCCC1CC1(CCCC1)C(=O)N2)C1(Cc2ccc(O)c3c2CC(C2(CO)CCCC2)CO3)CCNCC1. The topological polar surface area (TPSA) is 164 Å². The molecule has 312 valence electrons. The lowest BCUT2D eigenvalue weighted by Gasteiger charge is -2.52. The van der Waals surface area contributed by atoms with Crippen molar-refractivity contribution in [3.05, 3.63) is 23.3 Å². The predicted molar refractivity (Wildman–Crippen MR) is 211 cm³/mol. The number of ether oxygens (including phenoxy) is 3. The number of fused-ring (bicyclic) bond motifs is 2. The Morgan fingerprint density at radius 2 is 1.66 bits per heavy atom. The predicted octanol–water partition coefficient (Wildman–Crippen LogP) is 6.20. The Morgan fingerprint density at radius 3 is 2.36 bits per heavy atom. The minimum Gasteiger partial charge on any atom is -0.504 e. The molecule has 11 nitrogen and oxygen atoms in total. The number of phenols is 1. The van der Waals surface area contributed by atoms with Crippen LogP contribution in [0.3, 0.4) is 0 Å². The van der Waals surface area contributed by atoms with Crippen molar-refractivity contribution in [1.82, 2.24) is 10.6 Å². The Hall–Kier alpha value is -2.89. The number of carbonyl (C=O) groups excluding carboxylic acids is 3. The van der Waals surface area contributed by atoms with Gasteiger partial charge in [0.25, 0.3) is 0 Å². The highest BCUT2D eigenvalue weighted by Gasteiger charge is 2.60. The van der Waals surface area contributed by atoms with Gasteiger partial charge in [0.2, 0.25) is 5.91 Å². The summed E-state index contributed by atoms with van der Waals surface area (Å²) in [6, 6.07) is 3.70. The van der Waals surface area contributed by atoms with E-state index in [1.165, 1.54) is 6.92 Å². The van der Waals surface area contributed by atoms with Gasteiger partial charge >= 0.3 is 11.9 Å². The summed E-state index contributed by atoms with van der Waals surface area (Å²) in [7, 11) is 0. The highest BCUT2D eigenvalue weighted by molar-refractivity contribution is 5.93. The molecule has 6 unspecified atom stereocenters. The fraction of sp³-hybridized carbons (Fsp3) is 0.800. The van der Waals surface area contributed by atoms with Crippen molar-refractivity contribution in [3.8, 4) is 11.5 Å². The Labute approximate surface area is 333 Å². The van der Waals surface area contributed by atoms with E-state index in [1.54, 1.807) is 13.0 Å². The van der Waals surface area contributed by atoms with Crippen LogP contribution in [0.2, 0.25) is 0 Å². The van der Waals surface area contributed by atoms with Gasteiger partial charge in [0.1, 0.15) is 17.7 Å². The standard InChI is InChI=1S/C45H68N2O9/c1-30(49)10-9-12-35(55-31(2)50)25-38(56-41(53)45-19-4-3-11-33(45)27-43(40(52)47-45)15-5-6-16-43)42(20-22-46-23-21-42)26-32-13-14-37(51)39-36(32)24-34(28-54-39)44(29-48)17-7-8-18-44/h13-14,30,33-35,38,46,48-49,51H,3-12,15-29H2,1-2H3,(H,47,52). The number of carbonyl (C=O) groups is 3. The number of esters is 2. The van der Waals surface area contributed by atoms with Crippen LogP contribution in [0.15, 0.2) is 12.1 Å². The molecule has 0 bridgehead atoms. The Balaban J connectivity index is 1.25. The van der Waals surface area contributed by atoms with Crippen LogP contribution in [0, 0.1) is 28.1 Å². The molecule has 3 saturated carbocycles. The summed E-state index contributed by atoms with van der Waals surface area (Å²) in [5.41, 5.74) is -0.239. The second-order valence-corrected chi connectivity index (χ2v) is 19.0. The molecule has 1 aromatic rings. The van der Waals surface area contributed by atoms with E-state index in [2.05, 4.69) is 10.6 Å². The van der Waals surface area contributed by atoms with Gasteiger partial charge < -0.3 is 40.2 Å². The van der Waals surface area contributed by atoms with Crippen LogP contribution < -0.4 is 15.4 Å². The molecule has 11 heteroatoms. The third kappa shape index (κ3) is 8.20. The molecule has 7 rings (SSSR count). The Morgan fingerprint density at radius 1 is 0.946 bits per heavy atom. The van der Waals surface area contributed by atoms with Crippen LogP contribution in [0.4, 0.5) is 0 Å². The van der Waals surface area contributed by atoms with Crippen LogP contribution in [0.25, 0.3) is 0 Å². The minimum atomic E-state index is -1.09. The molecule has 1 amide bonds. The second-order valence-electron chi connectivity index (χ2n) is 19.0. The number of nitrogens with one attached hydrogen (secondary N) is 2. The fourth-order valence-electron chi connectivity index (χ4n) is 12.2. The summed E-state index contributed by atoms with van der Waals surface area (Å²) in [5, 5.41) is 38.7. The van der Waals surface area contributed by atoms with Gasteiger partial charge in [0, 0.05) is 42.3 Å².